The van der Waals surface area contributed by atoms with Gasteiger partial charge in [0.1, 0.15) is 0 Å². The van der Waals surface area contributed by atoms with Gasteiger partial charge in [-0.05, 0) is 41.1 Å². The summed E-state index contributed by atoms with van der Waals surface area (Å²) in [4.78, 5) is 25.8. The molecule has 0 spiro atoms. The first-order valence-electron chi connectivity index (χ1n) is 7.73. The molecule has 0 bridgehead atoms. The maximum atomic E-state index is 12.7. The van der Waals surface area contributed by atoms with E-state index in [1.807, 2.05) is 42.2 Å². The Balaban J connectivity index is 1.50. The number of fused-ring (bicyclic) bond motifs is 1. The smallest absolute Gasteiger partial charge is 0.255 e. The molecule has 1 aromatic carbocycles. The quantitative estimate of drug-likeness (QED) is 0.812. The summed E-state index contributed by atoms with van der Waals surface area (Å²) < 4.78 is 0.852. The predicted octanol–water partition coefficient (Wildman–Crippen LogP) is 2.51. The second-order valence-corrected chi connectivity index (χ2v) is 7.02. The van der Waals surface area contributed by atoms with Gasteiger partial charge < -0.3 is 9.80 Å². The largest absolute Gasteiger partial charge is 0.338 e. The zero-order valence-corrected chi connectivity index (χ0v) is 14.4. The fourth-order valence-electron chi connectivity index (χ4n) is 3.41. The molecule has 2 aliphatic rings. The number of likely N-dealkylation sites (tertiary alicyclic amines) is 1. The fourth-order valence-corrected chi connectivity index (χ4v) is 3.87. The molecule has 6 heteroatoms. The highest BCUT2D eigenvalue weighted by Gasteiger charge is 2.48. The summed E-state index contributed by atoms with van der Waals surface area (Å²) in [6.45, 7) is 4.52. The molecular weight excluding hydrogens is 356 g/mol. The van der Waals surface area contributed by atoms with E-state index in [0.29, 0.717) is 5.92 Å². The second kappa shape index (κ2) is 5.60. The number of nitrogens with zero attached hydrogens (tertiary/aromatic N) is 4. The van der Waals surface area contributed by atoms with Crippen molar-refractivity contribution in [2.45, 2.75) is 13.0 Å². The Hall–Kier alpha value is -1.95. The van der Waals surface area contributed by atoms with Crippen molar-refractivity contribution >= 4 is 27.8 Å². The molecule has 2 fully saturated rings. The Morgan fingerprint density at radius 2 is 2.04 bits per heavy atom. The highest BCUT2D eigenvalue weighted by molar-refractivity contribution is 9.10. The van der Waals surface area contributed by atoms with Crippen molar-refractivity contribution < 1.29 is 4.79 Å². The van der Waals surface area contributed by atoms with Gasteiger partial charge in [0.25, 0.3) is 5.91 Å². The molecule has 2 saturated heterocycles. The maximum Gasteiger partial charge on any atom is 0.255 e. The van der Waals surface area contributed by atoms with Crippen molar-refractivity contribution in [2.75, 3.05) is 24.5 Å². The molecule has 2 aromatic rings. The van der Waals surface area contributed by atoms with Crippen LogP contribution in [0.15, 0.2) is 41.0 Å². The summed E-state index contributed by atoms with van der Waals surface area (Å²) in [6, 6.07) is 9.76. The number of benzene rings is 1. The zero-order chi connectivity index (χ0) is 16.0. The minimum atomic E-state index is 0.103. The third-order valence-electron chi connectivity index (χ3n) is 4.67. The van der Waals surface area contributed by atoms with Crippen LogP contribution in [0.5, 0.6) is 0 Å². The van der Waals surface area contributed by atoms with Gasteiger partial charge in [-0.15, -0.1) is 0 Å². The molecule has 0 radical (unpaired) electrons. The van der Waals surface area contributed by atoms with E-state index >= 15 is 0 Å². The van der Waals surface area contributed by atoms with E-state index in [-0.39, 0.29) is 11.9 Å². The molecule has 4 rings (SSSR count). The molecule has 3 heterocycles. The van der Waals surface area contributed by atoms with E-state index in [2.05, 4.69) is 30.8 Å². The lowest BCUT2D eigenvalue weighted by Gasteiger charge is -2.43. The molecular formula is C17H17BrN4O. The van der Waals surface area contributed by atoms with Gasteiger partial charge in [0.15, 0.2) is 0 Å². The Labute approximate surface area is 143 Å². The first-order valence-corrected chi connectivity index (χ1v) is 8.53. The number of carbonyl (C=O) groups is 1. The van der Waals surface area contributed by atoms with E-state index in [4.69, 9.17) is 0 Å². The number of aryl methyl sites for hydroxylation is 1. The van der Waals surface area contributed by atoms with Crippen LogP contribution < -0.4 is 4.90 Å². The summed E-state index contributed by atoms with van der Waals surface area (Å²) in [5.74, 6) is 1.39. The Morgan fingerprint density at radius 1 is 1.22 bits per heavy atom. The summed E-state index contributed by atoms with van der Waals surface area (Å²) in [5, 5.41) is 0. The predicted molar refractivity (Wildman–Crippen MR) is 91.4 cm³/mol. The summed E-state index contributed by atoms with van der Waals surface area (Å²) in [7, 11) is 0. The van der Waals surface area contributed by atoms with E-state index < -0.39 is 0 Å². The number of hydrogen-bond donors (Lipinski definition) is 0. The normalized spacial score (nSPS) is 22.7. The lowest BCUT2D eigenvalue weighted by atomic mass is 9.91. The summed E-state index contributed by atoms with van der Waals surface area (Å²) in [5.41, 5.74) is 1.70. The molecule has 2 aliphatic heterocycles. The standard InChI is InChI=1S/C17H17BrN4O/c1-11-6-7-19-17(20-11)21-8-12-9-22(15(12)10-21)16(23)13-4-2-3-5-14(13)18/h2-7,12,15H,8-10H2,1H3. The third kappa shape index (κ3) is 2.51. The lowest BCUT2D eigenvalue weighted by Crippen LogP contribution is -2.58. The molecule has 5 nitrogen and oxygen atoms in total. The first-order chi connectivity index (χ1) is 11.1. The van der Waals surface area contributed by atoms with Gasteiger partial charge >= 0.3 is 0 Å². The molecule has 23 heavy (non-hydrogen) atoms. The number of rotatable bonds is 2. The van der Waals surface area contributed by atoms with Crippen LogP contribution in [0.1, 0.15) is 16.1 Å². The maximum absolute atomic E-state index is 12.7. The van der Waals surface area contributed by atoms with Crippen LogP contribution in [0.4, 0.5) is 5.95 Å². The number of carbonyl (C=O) groups excluding carboxylic acids is 1. The monoisotopic (exact) mass is 372 g/mol. The van der Waals surface area contributed by atoms with Crippen molar-refractivity contribution in [2.24, 2.45) is 5.92 Å². The third-order valence-corrected chi connectivity index (χ3v) is 5.36. The van der Waals surface area contributed by atoms with Crippen molar-refractivity contribution in [1.29, 1.82) is 0 Å². The second-order valence-electron chi connectivity index (χ2n) is 6.17. The molecule has 0 saturated carbocycles. The number of anilines is 1. The van der Waals surface area contributed by atoms with Crippen molar-refractivity contribution in [3.8, 4) is 0 Å². The summed E-state index contributed by atoms with van der Waals surface area (Å²) in [6.07, 6.45) is 1.79. The highest BCUT2D eigenvalue weighted by atomic mass is 79.9. The van der Waals surface area contributed by atoms with Crippen LogP contribution >= 0.6 is 15.9 Å². The van der Waals surface area contributed by atoms with E-state index in [9.17, 15) is 4.79 Å². The average Bonchev–Trinajstić information content (AvgIpc) is 2.85. The van der Waals surface area contributed by atoms with E-state index in [1.54, 1.807) is 6.20 Å². The number of amides is 1. The highest BCUT2D eigenvalue weighted by Crippen LogP contribution is 2.35. The van der Waals surface area contributed by atoms with Gasteiger partial charge in [0.2, 0.25) is 5.95 Å². The minimum Gasteiger partial charge on any atom is -0.338 e. The van der Waals surface area contributed by atoms with Crippen LogP contribution in [-0.4, -0.2) is 46.5 Å². The fraction of sp³-hybridized carbons (Fsp3) is 0.353. The molecule has 118 valence electrons. The van der Waals surface area contributed by atoms with Crippen molar-refractivity contribution in [3.05, 3.63) is 52.3 Å². The SMILES string of the molecule is Cc1ccnc(N2CC3CN(C(=O)c4ccccc4Br)C3C2)n1. The van der Waals surface area contributed by atoms with Gasteiger partial charge in [-0.25, -0.2) is 9.97 Å². The van der Waals surface area contributed by atoms with Crippen LogP contribution in [0.3, 0.4) is 0 Å². The minimum absolute atomic E-state index is 0.103. The van der Waals surface area contributed by atoms with Gasteiger partial charge in [-0.1, -0.05) is 12.1 Å². The van der Waals surface area contributed by atoms with Crippen LogP contribution in [0.25, 0.3) is 0 Å². The number of aromatic nitrogens is 2. The Morgan fingerprint density at radius 3 is 2.83 bits per heavy atom. The van der Waals surface area contributed by atoms with E-state index in [1.165, 1.54) is 0 Å². The van der Waals surface area contributed by atoms with Crippen molar-refractivity contribution in [1.82, 2.24) is 14.9 Å². The van der Waals surface area contributed by atoms with Gasteiger partial charge in [0, 0.05) is 41.9 Å². The molecule has 1 aromatic heterocycles. The van der Waals surface area contributed by atoms with Crippen molar-refractivity contribution in [3.63, 3.8) is 0 Å². The molecule has 2 unspecified atom stereocenters. The van der Waals surface area contributed by atoms with E-state index in [0.717, 1.165) is 41.3 Å². The number of hydrogen-bond acceptors (Lipinski definition) is 4. The lowest BCUT2D eigenvalue weighted by molar-refractivity contribution is 0.0327. The van der Waals surface area contributed by atoms with Gasteiger partial charge in [-0.3, -0.25) is 4.79 Å². The van der Waals surface area contributed by atoms with Crippen LogP contribution in [0, 0.1) is 12.8 Å². The Kier molecular flexibility index (Phi) is 3.56. The van der Waals surface area contributed by atoms with Gasteiger partial charge in [0.05, 0.1) is 11.6 Å². The average molecular weight is 373 g/mol. The zero-order valence-electron chi connectivity index (χ0n) is 12.8. The topological polar surface area (TPSA) is 49.3 Å². The molecule has 0 N–H and O–H groups in total. The number of halogens is 1. The van der Waals surface area contributed by atoms with Crippen LogP contribution in [0.2, 0.25) is 0 Å². The molecule has 2 atom stereocenters. The van der Waals surface area contributed by atoms with Crippen LogP contribution in [-0.2, 0) is 0 Å². The summed E-state index contributed by atoms with van der Waals surface area (Å²) >= 11 is 3.47. The first kappa shape index (κ1) is 14.6. The Bertz CT molecular complexity index is 766. The molecule has 1 amide bonds. The molecule has 0 aliphatic carbocycles. The van der Waals surface area contributed by atoms with Gasteiger partial charge in [-0.2, -0.15) is 0 Å².